The van der Waals surface area contributed by atoms with Gasteiger partial charge in [-0.1, -0.05) is 36.7 Å². The van der Waals surface area contributed by atoms with Crippen LogP contribution in [0, 0.1) is 0 Å². The Balaban J connectivity index is 2.76. The summed E-state index contributed by atoms with van der Waals surface area (Å²) in [7, 11) is -1.53. The van der Waals surface area contributed by atoms with E-state index in [0.29, 0.717) is 5.92 Å². The molecular weight excluding hydrogens is 243 g/mol. The Kier molecular flexibility index (Phi) is 4.60. The maximum atomic E-state index is 6.03. The summed E-state index contributed by atoms with van der Waals surface area (Å²) in [6.45, 7) is 2.10. The molecule has 1 rings (SSSR count). The van der Waals surface area contributed by atoms with Crippen molar-refractivity contribution >= 4 is 41.2 Å². The average Bonchev–Trinajstić information content (AvgIpc) is 2.03. The third kappa shape index (κ3) is 3.51. The van der Waals surface area contributed by atoms with Gasteiger partial charge in [0.25, 0.3) is 0 Å². The molecule has 0 aliphatic heterocycles. The van der Waals surface area contributed by atoms with Crippen LogP contribution in [0.5, 0.6) is 0 Å². The van der Waals surface area contributed by atoms with Crippen molar-refractivity contribution in [3.05, 3.63) is 34.9 Å². The van der Waals surface area contributed by atoms with Crippen molar-refractivity contribution in [1.82, 2.24) is 0 Å². The van der Waals surface area contributed by atoms with Crippen LogP contribution in [0.1, 0.15) is 18.4 Å². The van der Waals surface area contributed by atoms with E-state index in [4.69, 9.17) is 33.8 Å². The zero-order chi connectivity index (χ0) is 9.84. The van der Waals surface area contributed by atoms with Gasteiger partial charge in [0, 0.05) is 5.02 Å². The van der Waals surface area contributed by atoms with Crippen molar-refractivity contribution in [2.45, 2.75) is 18.9 Å². The van der Waals surface area contributed by atoms with E-state index < -0.39 is 7.42 Å². The summed E-state index contributed by atoms with van der Waals surface area (Å²) in [4.78, 5) is 0. The Morgan fingerprint density at radius 1 is 1.31 bits per heavy atom. The van der Waals surface area contributed by atoms with Crippen molar-refractivity contribution in [2.75, 3.05) is 0 Å². The van der Waals surface area contributed by atoms with E-state index in [0.717, 1.165) is 16.6 Å². The second-order valence-electron chi connectivity index (χ2n) is 3.05. The summed E-state index contributed by atoms with van der Waals surface area (Å²) in [6, 6.07) is 8.70. The lowest BCUT2D eigenvalue weighted by molar-refractivity contribution is 0.861. The van der Waals surface area contributed by atoms with Crippen LogP contribution in [0.25, 0.3) is 0 Å². The van der Waals surface area contributed by atoms with E-state index in [1.54, 1.807) is 0 Å². The molecule has 1 aromatic rings. The largest absolute Gasteiger partial charge is 0.237 e. The third-order valence-electron chi connectivity index (χ3n) is 1.97. The van der Waals surface area contributed by atoms with E-state index in [-0.39, 0.29) is 0 Å². The third-order valence-corrected chi connectivity index (χ3v) is 4.44. The van der Waals surface area contributed by atoms with E-state index in [2.05, 4.69) is 6.92 Å². The molecule has 13 heavy (non-hydrogen) atoms. The smallest absolute Gasteiger partial charge is 0.150 e. The number of benzene rings is 1. The average molecular weight is 254 g/mol. The van der Waals surface area contributed by atoms with Crippen LogP contribution in [0.3, 0.4) is 0 Å². The molecule has 0 spiro atoms. The van der Waals surface area contributed by atoms with Gasteiger partial charge in [-0.25, -0.2) is 0 Å². The molecule has 0 N–H and O–H groups in total. The van der Waals surface area contributed by atoms with Crippen LogP contribution >= 0.6 is 33.8 Å². The minimum atomic E-state index is -1.53. The topological polar surface area (TPSA) is 0 Å². The molecule has 72 valence electrons. The summed E-state index contributed by atoms with van der Waals surface area (Å²) in [6.07, 6.45) is 0. The number of halogens is 3. The zero-order valence-electron chi connectivity index (χ0n) is 7.31. The zero-order valence-corrected chi connectivity index (χ0v) is 10.7. The molecule has 0 fully saturated rings. The fourth-order valence-electron chi connectivity index (χ4n) is 1.27. The fraction of sp³-hybridized carbons (Fsp3) is 0.333. The van der Waals surface area contributed by atoms with Gasteiger partial charge in [0.15, 0.2) is 0 Å². The highest BCUT2D eigenvalue weighted by Gasteiger charge is 2.13. The Morgan fingerprint density at radius 3 is 2.46 bits per heavy atom. The Labute approximate surface area is 94.8 Å². The molecule has 0 nitrogen and oxygen atoms in total. The van der Waals surface area contributed by atoms with Crippen molar-refractivity contribution in [3.63, 3.8) is 0 Å². The van der Waals surface area contributed by atoms with Gasteiger partial charge < -0.3 is 0 Å². The van der Waals surface area contributed by atoms with E-state index in [9.17, 15) is 0 Å². The number of hydrogen-bond acceptors (Lipinski definition) is 0. The monoisotopic (exact) mass is 252 g/mol. The predicted octanol–water partition coefficient (Wildman–Crippen LogP) is 4.14. The van der Waals surface area contributed by atoms with Crippen molar-refractivity contribution < 1.29 is 0 Å². The lowest BCUT2D eigenvalue weighted by Crippen LogP contribution is -2.01. The Bertz CT molecular complexity index is 275. The molecule has 0 amide bonds. The lowest BCUT2D eigenvalue weighted by atomic mass is 10.0. The minimum absolute atomic E-state index is 0.361. The summed E-state index contributed by atoms with van der Waals surface area (Å²) in [5.74, 6) is 0.361. The van der Waals surface area contributed by atoms with E-state index in [1.165, 1.54) is 0 Å². The first-order valence-electron chi connectivity index (χ1n) is 4.14. The first-order valence-corrected chi connectivity index (χ1v) is 8.82. The molecule has 4 heteroatoms. The van der Waals surface area contributed by atoms with E-state index in [1.807, 2.05) is 24.3 Å². The highest BCUT2D eigenvalue weighted by atomic mass is 35.7. The van der Waals surface area contributed by atoms with Gasteiger partial charge in [0.1, 0.15) is 0 Å². The highest BCUT2D eigenvalue weighted by molar-refractivity contribution is 7.33. The van der Waals surface area contributed by atoms with Crippen LogP contribution < -0.4 is 0 Å². The van der Waals surface area contributed by atoms with Gasteiger partial charge in [0.2, 0.25) is 7.42 Å². The summed E-state index contributed by atoms with van der Waals surface area (Å²) in [5.41, 5.74) is 1.14. The second kappa shape index (κ2) is 5.25. The Hall–Kier alpha value is 0.307. The molecule has 0 saturated heterocycles. The van der Waals surface area contributed by atoms with Gasteiger partial charge in [-0.3, -0.25) is 0 Å². The van der Waals surface area contributed by atoms with Gasteiger partial charge in [-0.05, 0) is 23.6 Å². The summed E-state index contributed by atoms with van der Waals surface area (Å²) < 4.78 is 0. The number of rotatable bonds is 3. The highest BCUT2D eigenvalue weighted by Crippen LogP contribution is 2.29. The summed E-state index contributed by atoms with van der Waals surface area (Å²) >= 11 is 17.7. The van der Waals surface area contributed by atoms with Crippen LogP contribution in [0.15, 0.2) is 24.3 Å². The van der Waals surface area contributed by atoms with Gasteiger partial charge >= 0.3 is 0 Å². The van der Waals surface area contributed by atoms with Crippen molar-refractivity contribution in [2.24, 2.45) is 0 Å². The molecule has 0 heterocycles. The van der Waals surface area contributed by atoms with Gasteiger partial charge in [-0.2, -0.15) is 22.2 Å². The minimum Gasteiger partial charge on any atom is -0.150 e. The molecule has 0 radical (unpaired) electrons. The SMILES string of the molecule is CC(C[SiH](Cl)Cl)c1ccccc1Cl. The molecular formula is C9H11Cl3Si. The maximum absolute atomic E-state index is 6.03. The molecule has 0 aromatic heterocycles. The molecule has 1 atom stereocenters. The van der Waals surface area contributed by atoms with E-state index >= 15 is 0 Å². The maximum Gasteiger partial charge on any atom is 0.237 e. The van der Waals surface area contributed by atoms with Crippen molar-refractivity contribution in [3.8, 4) is 0 Å². The first kappa shape index (κ1) is 11.4. The van der Waals surface area contributed by atoms with Crippen LogP contribution in [-0.2, 0) is 0 Å². The van der Waals surface area contributed by atoms with Crippen LogP contribution in [0.2, 0.25) is 11.1 Å². The van der Waals surface area contributed by atoms with Crippen LogP contribution in [0.4, 0.5) is 0 Å². The first-order chi connectivity index (χ1) is 6.11. The summed E-state index contributed by atoms with van der Waals surface area (Å²) in [5, 5.41) is 0.804. The number of hydrogen-bond donors (Lipinski definition) is 0. The molecule has 0 aliphatic rings. The van der Waals surface area contributed by atoms with Crippen LogP contribution in [-0.4, -0.2) is 7.42 Å². The molecule has 0 bridgehead atoms. The predicted molar refractivity (Wildman–Crippen MR) is 63.5 cm³/mol. The second-order valence-corrected chi connectivity index (χ2v) is 8.54. The molecule has 0 saturated carbocycles. The fourth-order valence-corrected chi connectivity index (χ4v) is 3.98. The molecule has 1 aromatic carbocycles. The Morgan fingerprint density at radius 2 is 1.92 bits per heavy atom. The molecule has 0 aliphatic carbocycles. The standard InChI is InChI=1S/C9H11Cl3Si/c1-7(6-13(11)12)8-4-2-3-5-9(8)10/h2-5,7,13H,6H2,1H3. The molecule has 1 unspecified atom stereocenters. The normalized spacial score (nSPS) is 13.3. The lowest BCUT2D eigenvalue weighted by Gasteiger charge is -2.12. The van der Waals surface area contributed by atoms with Gasteiger partial charge in [-0.15, -0.1) is 0 Å². The van der Waals surface area contributed by atoms with Crippen molar-refractivity contribution in [1.29, 1.82) is 0 Å². The quantitative estimate of drug-likeness (QED) is 0.561. The van der Waals surface area contributed by atoms with Gasteiger partial charge in [0.05, 0.1) is 0 Å².